The van der Waals surface area contributed by atoms with E-state index in [9.17, 15) is 26.4 Å². The summed E-state index contributed by atoms with van der Waals surface area (Å²) in [7, 11) is -7.32. The minimum absolute atomic E-state index is 0.0795. The molecule has 12 heteroatoms. The van der Waals surface area contributed by atoms with Crippen LogP contribution in [0.4, 0.5) is 5.69 Å². The third kappa shape index (κ3) is 7.34. The van der Waals surface area contributed by atoms with Crippen LogP contribution in [0.15, 0.2) is 64.4 Å². The standard InChI is InChI=1S/C23H29N3O7S2/c1-18(33-22(27)14-15-24-34(29,30)20-8-4-2-5-9-20)23(28)25-19-10-12-21(13-11-19)35(31,32)26-16-6-3-7-17-26/h2,4-5,8-13,18,24H,3,6-7,14-17H2,1H3,(H,25,28)/t18-/m0/s1. The first-order chi connectivity index (χ1) is 16.6. The number of piperidine rings is 1. The molecular formula is C23H29N3O7S2. The number of nitrogens with zero attached hydrogens (tertiary/aromatic N) is 1. The Kier molecular flexibility index (Phi) is 9.00. The highest BCUT2D eigenvalue weighted by Gasteiger charge is 2.26. The average molecular weight is 524 g/mol. The second-order valence-corrected chi connectivity index (χ2v) is 11.8. The fourth-order valence-electron chi connectivity index (χ4n) is 3.49. The first-order valence-electron chi connectivity index (χ1n) is 11.2. The monoisotopic (exact) mass is 523 g/mol. The van der Waals surface area contributed by atoms with Crippen LogP contribution in [0, 0.1) is 0 Å². The second kappa shape index (κ2) is 11.8. The van der Waals surface area contributed by atoms with E-state index < -0.39 is 38.0 Å². The summed E-state index contributed by atoms with van der Waals surface area (Å²) in [6, 6.07) is 13.5. The Labute approximate surface area is 205 Å². The van der Waals surface area contributed by atoms with E-state index in [1.807, 2.05) is 0 Å². The summed E-state index contributed by atoms with van der Waals surface area (Å²) in [5.41, 5.74) is 0.353. The number of amides is 1. The summed E-state index contributed by atoms with van der Waals surface area (Å²) in [6.45, 7) is 2.20. The average Bonchev–Trinajstić information content (AvgIpc) is 2.85. The van der Waals surface area contributed by atoms with Crippen molar-refractivity contribution in [2.45, 2.75) is 48.5 Å². The Balaban J connectivity index is 1.47. The van der Waals surface area contributed by atoms with E-state index in [-0.39, 0.29) is 22.8 Å². The molecular weight excluding hydrogens is 494 g/mol. The van der Waals surface area contributed by atoms with Crippen LogP contribution in [-0.4, -0.2) is 58.8 Å². The van der Waals surface area contributed by atoms with Crippen LogP contribution in [0.1, 0.15) is 32.6 Å². The SMILES string of the molecule is C[C@H](OC(=O)CCNS(=O)(=O)c1ccccc1)C(=O)Nc1ccc(S(=O)(=O)N2CCCCC2)cc1. The Morgan fingerprint density at radius 1 is 0.914 bits per heavy atom. The molecule has 0 aromatic heterocycles. The largest absolute Gasteiger partial charge is 0.452 e. The van der Waals surface area contributed by atoms with E-state index in [0.29, 0.717) is 18.8 Å². The minimum atomic E-state index is -3.75. The molecule has 190 valence electrons. The molecule has 35 heavy (non-hydrogen) atoms. The molecule has 2 aromatic rings. The van der Waals surface area contributed by atoms with Crippen molar-refractivity contribution in [1.29, 1.82) is 0 Å². The summed E-state index contributed by atoms with van der Waals surface area (Å²) >= 11 is 0. The fraction of sp³-hybridized carbons (Fsp3) is 0.391. The van der Waals surface area contributed by atoms with E-state index in [4.69, 9.17) is 4.74 Å². The zero-order valence-electron chi connectivity index (χ0n) is 19.3. The first kappa shape index (κ1) is 26.8. The molecule has 1 heterocycles. The van der Waals surface area contributed by atoms with Crippen LogP contribution in [0.3, 0.4) is 0 Å². The third-order valence-electron chi connectivity index (χ3n) is 5.43. The van der Waals surface area contributed by atoms with Crippen molar-refractivity contribution < 1.29 is 31.2 Å². The lowest BCUT2D eigenvalue weighted by molar-refractivity contribution is -0.152. The molecule has 0 bridgehead atoms. The molecule has 1 fully saturated rings. The number of nitrogens with one attached hydrogen (secondary N) is 2. The number of carbonyl (C=O) groups is 2. The van der Waals surface area contributed by atoms with Gasteiger partial charge in [0.05, 0.1) is 16.2 Å². The predicted octanol–water partition coefficient (Wildman–Crippen LogP) is 2.10. The Morgan fingerprint density at radius 3 is 2.17 bits per heavy atom. The van der Waals surface area contributed by atoms with Gasteiger partial charge in [-0.05, 0) is 56.2 Å². The van der Waals surface area contributed by atoms with Crippen molar-refractivity contribution in [3.63, 3.8) is 0 Å². The molecule has 0 unspecified atom stereocenters. The van der Waals surface area contributed by atoms with Crippen LogP contribution in [0.25, 0.3) is 0 Å². The molecule has 0 spiro atoms. The van der Waals surface area contributed by atoms with Gasteiger partial charge in [-0.1, -0.05) is 24.6 Å². The van der Waals surface area contributed by atoms with Gasteiger partial charge in [-0.2, -0.15) is 4.31 Å². The lowest BCUT2D eigenvalue weighted by atomic mass is 10.2. The summed E-state index contributed by atoms with van der Waals surface area (Å²) in [5.74, 6) is -1.35. The van der Waals surface area contributed by atoms with Crippen molar-refractivity contribution in [2.75, 3.05) is 25.0 Å². The van der Waals surface area contributed by atoms with E-state index >= 15 is 0 Å². The van der Waals surface area contributed by atoms with Crippen LogP contribution < -0.4 is 10.0 Å². The highest BCUT2D eigenvalue weighted by atomic mass is 32.2. The van der Waals surface area contributed by atoms with Gasteiger partial charge in [-0.3, -0.25) is 9.59 Å². The van der Waals surface area contributed by atoms with Crippen molar-refractivity contribution in [1.82, 2.24) is 9.03 Å². The lowest BCUT2D eigenvalue weighted by Gasteiger charge is -2.25. The zero-order valence-corrected chi connectivity index (χ0v) is 21.0. The number of benzene rings is 2. The van der Waals surface area contributed by atoms with Crippen LogP contribution in [0.2, 0.25) is 0 Å². The van der Waals surface area contributed by atoms with Gasteiger partial charge in [-0.25, -0.2) is 21.6 Å². The number of sulfonamides is 2. The highest BCUT2D eigenvalue weighted by molar-refractivity contribution is 7.89. The minimum Gasteiger partial charge on any atom is -0.452 e. The fourth-order valence-corrected chi connectivity index (χ4v) is 6.06. The van der Waals surface area contributed by atoms with Crippen molar-refractivity contribution in [2.24, 2.45) is 0 Å². The number of anilines is 1. The summed E-state index contributed by atoms with van der Waals surface area (Å²) in [4.78, 5) is 24.6. The van der Waals surface area contributed by atoms with Crippen molar-refractivity contribution in [3.8, 4) is 0 Å². The van der Waals surface area contributed by atoms with Crippen LogP contribution >= 0.6 is 0 Å². The first-order valence-corrected chi connectivity index (χ1v) is 14.2. The van der Waals surface area contributed by atoms with Gasteiger partial charge in [0.2, 0.25) is 20.0 Å². The van der Waals surface area contributed by atoms with E-state index in [1.54, 1.807) is 18.2 Å². The van der Waals surface area contributed by atoms with Gasteiger partial charge >= 0.3 is 5.97 Å². The number of hydrogen-bond donors (Lipinski definition) is 2. The Bertz CT molecular complexity index is 1230. The van der Waals surface area contributed by atoms with Gasteiger partial charge in [0.25, 0.3) is 5.91 Å². The van der Waals surface area contributed by atoms with Gasteiger partial charge < -0.3 is 10.1 Å². The molecule has 1 saturated heterocycles. The topological polar surface area (TPSA) is 139 Å². The molecule has 1 amide bonds. The molecule has 0 radical (unpaired) electrons. The van der Waals surface area contributed by atoms with E-state index in [2.05, 4.69) is 10.0 Å². The number of hydrogen-bond acceptors (Lipinski definition) is 7. The zero-order chi connectivity index (χ0) is 25.5. The third-order valence-corrected chi connectivity index (χ3v) is 8.82. The highest BCUT2D eigenvalue weighted by Crippen LogP contribution is 2.22. The van der Waals surface area contributed by atoms with Gasteiger partial charge in [-0.15, -0.1) is 0 Å². The Hall–Kier alpha value is -2.80. The number of rotatable bonds is 10. The predicted molar refractivity (Wildman–Crippen MR) is 129 cm³/mol. The molecule has 2 aromatic carbocycles. The molecule has 10 nitrogen and oxygen atoms in total. The molecule has 1 aliphatic rings. The molecule has 3 rings (SSSR count). The molecule has 0 saturated carbocycles. The number of carbonyl (C=O) groups excluding carboxylic acids is 2. The van der Waals surface area contributed by atoms with Crippen LogP contribution in [-0.2, 0) is 34.4 Å². The van der Waals surface area contributed by atoms with Crippen molar-refractivity contribution >= 4 is 37.6 Å². The maximum absolute atomic E-state index is 12.7. The summed E-state index contributed by atoms with van der Waals surface area (Å²) in [6.07, 6.45) is 1.30. The molecule has 1 aliphatic heterocycles. The van der Waals surface area contributed by atoms with Gasteiger partial charge in [0, 0.05) is 25.3 Å². The van der Waals surface area contributed by atoms with Gasteiger partial charge in [0.15, 0.2) is 6.10 Å². The number of ether oxygens (including phenoxy) is 1. The Morgan fingerprint density at radius 2 is 1.54 bits per heavy atom. The van der Waals surface area contributed by atoms with Crippen molar-refractivity contribution in [3.05, 3.63) is 54.6 Å². The van der Waals surface area contributed by atoms with Crippen LogP contribution in [0.5, 0.6) is 0 Å². The smallest absolute Gasteiger partial charge is 0.307 e. The van der Waals surface area contributed by atoms with E-state index in [0.717, 1.165) is 19.3 Å². The summed E-state index contributed by atoms with van der Waals surface area (Å²) < 4.78 is 58.6. The second-order valence-electron chi connectivity index (χ2n) is 8.07. The normalized spacial score (nSPS) is 15.8. The van der Waals surface area contributed by atoms with E-state index in [1.165, 1.54) is 47.6 Å². The molecule has 0 aliphatic carbocycles. The molecule has 2 N–H and O–H groups in total. The maximum atomic E-state index is 12.7. The lowest BCUT2D eigenvalue weighted by Crippen LogP contribution is -2.35. The summed E-state index contributed by atoms with van der Waals surface area (Å²) in [5, 5.41) is 2.57. The quantitative estimate of drug-likeness (QED) is 0.455. The maximum Gasteiger partial charge on any atom is 0.307 e. The molecule has 1 atom stereocenters. The van der Waals surface area contributed by atoms with Gasteiger partial charge in [0.1, 0.15) is 0 Å². The number of esters is 1.